The molecule has 0 aliphatic rings. The lowest BCUT2D eigenvalue weighted by atomic mass is 10.0. The molecule has 0 bridgehead atoms. The smallest absolute Gasteiger partial charge is 0.305 e. The maximum atomic E-state index is 12.0. The van der Waals surface area contributed by atoms with Crippen molar-refractivity contribution in [3.05, 3.63) is 12.2 Å². The van der Waals surface area contributed by atoms with E-state index in [1.54, 1.807) is 0 Å². The first-order valence-electron chi connectivity index (χ1n) is 20.1. The summed E-state index contributed by atoms with van der Waals surface area (Å²) in [6, 6.07) is 0. The van der Waals surface area contributed by atoms with Gasteiger partial charge in [-0.25, -0.2) is 0 Å². The summed E-state index contributed by atoms with van der Waals surface area (Å²) in [6.07, 6.45) is 51.5. The Morgan fingerprint density at radius 3 is 1.00 bits per heavy atom. The molecule has 43 heavy (non-hydrogen) atoms. The predicted octanol–water partition coefficient (Wildman–Crippen LogP) is 14.8. The molecule has 0 aromatic rings. The van der Waals surface area contributed by atoms with Gasteiger partial charge in [-0.05, 0) is 38.5 Å². The van der Waals surface area contributed by atoms with Gasteiger partial charge < -0.3 is 4.74 Å². The van der Waals surface area contributed by atoms with Gasteiger partial charge in [-0.1, -0.05) is 206 Å². The van der Waals surface area contributed by atoms with Crippen LogP contribution in [0.2, 0.25) is 0 Å². The van der Waals surface area contributed by atoms with Gasteiger partial charge in [-0.3, -0.25) is 4.79 Å². The molecule has 0 aromatic carbocycles. The number of carbonyl (C=O) groups is 1. The number of ether oxygens (including phenoxy) is 1. The topological polar surface area (TPSA) is 26.3 Å². The van der Waals surface area contributed by atoms with Crippen molar-refractivity contribution >= 4 is 5.97 Å². The van der Waals surface area contributed by atoms with Crippen LogP contribution in [0.1, 0.15) is 239 Å². The molecule has 0 aliphatic carbocycles. The summed E-state index contributed by atoms with van der Waals surface area (Å²) in [5.74, 6) is 0.0233. The van der Waals surface area contributed by atoms with Crippen LogP contribution in [-0.4, -0.2) is 12.6 Å². The highest BCUT2D eigenvalue weighted by Gasteiger charge is 2.03. The molecule has 0 unspecified atom stereocenters. The molecule has 0 saturated heterocycles. The lowest BCUT2D eigenvalue weighted by molar-refractivity contribution is -0.143. The van der Waals surface area contributed by atoms with Gasteiger partial charge in [-0.15, -0.1) is 0 Å². The van der Waals surface area contributed by atoms with E-state index in [-0.39, 0.29) is 5.97 Å². The van der Waals surface area contributed by atoms with Crippen LogP contribution in [0.5, 0.6) is 0 Å². The van der Waals surface area contributed by atoms with Gasteiger partial charge in [-0.2, -0.15) is 0 Å². The molecule has 0 N–H and O–H groups in total. The number of allylic oxidation sites excluding steroid dienone is 2. The van der Waals surface area contributed by atoms with Gasteiger partial charge in [0.1, 0.15) is 0 Å². The van der Waals surface area contributed by atoms with Gasteiger partial charge in [0.25, 0.3) is 0 Å². The number of hydrogen-bond donors (Lipinski definition) is 0. The Kier molecular flexibility index (Phi) is 38.5. The average Bonchev–Trinajstić information content (AvgIpc) is 3.01. The Morgan fingerprint density at radius 1 is 0.372 bits per heavy atom. The lowest BCUT2D eigenvalue weighted by Crippen LogP contribution is -2.05. The minimum absolute atomic E-state index is 0.0233. The SMILES string of the molecule is CCCCCCCCC=CCCCCCCCCCC(=O)OCCCCCCCCCCCCCCCCCCCCC. The Balaban J connectivity index is 3.17. The molecule has 0 spiro atoms. The Bertz CT molecular complexity index is 540. The summed E-state index contributed by atoms with van der Waals surface area (Å²) in [5.41, 5.74) is 0. The first-order chi connectivity index (χ1) is 21.3. The Labute approximate surface area is 272 Å². The summed E-state index contributed by atoms with van der Waals surface area (Å²) in [6.45, 7) is 5.21. The van der Waals surface area contributed by atoms with Gasteiger partial charge in [0, 0.05) is 6.42 Å². The number of rotatable bonds is 37. The van der Waals surface area contributed by atoms with Crippen LogP contribution >= 0.6 is 0 Å². The number of unbranched alkanes of at least 4 members (excludes halogenated alkanes) is 31. The molecule has 0 aliphatic heterocycles. The van der Waals surface area contributed by atoms with Crippen LogP contribution in [0.15, 0.2) is 12.2 Å². The van der Waals surface area contributed by atoms with E-state index in [1.807, 2.05) is 0 Å². The largest absolute Gasteiger partial charge is 0.466 e. The summed E-state index contributed by atoms with van der Waals surface area (Å²) in [5, 5.41) is 0. The minimum atomic E-state index is 0.0233. The normalized spacial score (nSPS) is 11.6. The van der Waals surface area contributed by atoms with Gasteiger partial charge in [0.2, 0.25) is 0 Å². The molecule has 0 amide bonds. The molecule has 256 valence electrons. The number of hydrogen-bond acceptors (Lipinski definition) is 2. The lowest BCUT2D eigenvalue weighted by Gasteiger charge is -2.06. The molecule has 0 saturated carbocycles. The zero-order chi connectivity index (χ0) is 31.2. The summed E-state index contributed by atoms with van der Waals surface area (Å²) in [4.78, 5) is 12.0. The molecule has 0 rings (SSSR count). The third kappa shape index (κ3) is 39.2. The third-order valence-corrected chi connectivity index (χ3v) is 9.15. The molecule has 2 nitrogen and oxygen atoms in total. The minimum Gasteiger partial charge on any atom is -0.466 e. The van der Waals surface area contributed by atoms with E-state index in [4.69, 9.17) is 4.74 Å². The average molecular weight is 605 g/mol. The fourth-order valence-corrected chi connectivity index (χ4v) is 6.13. The standard InChI is InChI=1S/C41H80O2/c1-3-5-7-9-11-13-15-17-19-21-22-24-26-28-30-32-34-36-38-40-43-41(42)39-37-35-33-31-29-27-25-23-20-18-16-14-12-10-8-6-4-2/h18,20H,3-17,19,21-40H2,1-2H3. The second-order valence-corrected chi connectivity index (χ2v) is 13.6. The summed E-state index contributed by atoms with van der Waals surface area (Å²) >= 11 is 0. The van der Waals surface area contributed by atoms with E-state index in [0.717, 1.165) is 12.8 Å². The van der Waals surface area contributed by atoms with Gasteiger partial charge >= 0.3 is 5.97 Å². The molecular weight excluding hydrogens is 524 g/mol. The molecule has 0 fully saturated rings. The first kappa shape index (κ1) is 42.2. The van der Waals surface area contributed by atoms with E-state index in [2.05, 4.69) is 26.0 Å². The molecular formula is C41H80O2. The zero-order valence-corrected chi connectivity index (χ0v) is 29.9. The molecule has 0 atom stereocenters. The fourth-order valence-electron chi connectivity index (χ4n) is 6.13. The summed E-state index contributed by atoms with van der Waals surface area (Å²) < 4.78 is 5.46. The van der Waals surface area contributed by atoms with Crippen molar-refractivity contribution in [2.45, 2.75) is 239 Å². The third-order valence-electron chi connectivity index (χ3n) is 9.15. The van der Waals surface area contributed by atoms with Crippen molar-refractivity contribution in [3.63, 3.8) is 0 Å². The monoisotopic (exact) mass is 605 g/mol. The number of esters is 1. The van der Waals surface area contributed by atoms with Crippen molar-refractivity contribution in [2.75, 3.05) is 6.61 Å². The van der Waals surface area contributed by atoms with Crippen LogP contribution in [0.25, 0.3) is 0 Å². The van der Waals surface area contributed by atoms with Gasteiger partial charge in [0.05, 0.1) is 6.61 Å². The Hall–Kier alpha value is -0.790. The van der Waals surface area contributed by atoms with E-state index < -0.39 is 0 Å². The Morgan fingerprint density at radius 2 is 0.651 bits per heavy atom. The van der Waals surface area contributed by atoms with Crippen LogP contribution in [0.4, 0.5) is 0 Å². The first-order valence-corrected chi connectivity index (χ1v) is 20.1. The van der Waals surface area contributed by atoms with E-state index in [9.17, 15) is 4.79 Å². The highest BCUT2D eigenvalue weighted by atomic mass is 16.5. The molecule has 0 heterocycles. The second kappa shape index (κ2) is 39.2. The van der Waals surface area contributed by atoms with Crippen molar-refractivity contribution < 1.29 is 9.53 Å². The molecule has 0 radical (unpaired) electrons. The maximum absolute atomic E-state index is 12.0. The van der Waals surface area contributed by atoms with E-state index >= 15 is 0 Å². The van der Waals surface area contributed by atoms with Gasteiger partial charge in [0.15, 0.2) is 0 Å². The second-order valence-electron chi connectivity index (χ2n) is 13.6. The van der Waals surface area contributed by atoms with Crippen molar-refractivity contribution in [1.82, 2.24) is 0 Å². The van der Waals surface area contributed by atoms with E-state index in [1.165, 1.54) is 205 Å². The van der Waals surface area contributed by atoms with Crippen molar-refractivity contribution in [2.24, 2.45) is 0 Å². The maximum Gasteiger partial charge on any atom is 0.305 e. The van der Waals surface area contributed by atoms with Crippen LogP contribution in [0, 0.1) is 0 Å². The zero-order valence-electron chi connectivity index (χ0n) is 29.9. The molecule has 2 heteroatoms. The fraction of sp³-hybridized carbons (Fsp3) is 0.927. The van der Waals surface area contributed by atoms with E-state index in [0.29, 0.717) is 13.0 Å². The van der Waals surface area contributed by atoms with Crippen LogP contribution in [-0.2, 0) is 9.53 Å². The molecule has 0 aromatic heterocycles. The van der Waals surface area contributed by atoms with Crippen LogP contribution in [0.3, 0.4) is 0 Å². The highest BCUT2D eigenvalue weighted by molar-refractivity contribution is 5.69. The predicted molar refractivity (Wildman–Crippen MR) is 193 cm³/mol. The van der Waals surface area contributed by atoms with Crippen molar-refractivity contribution in [3.8, 4) is 0 Å². The van der Waals surface area contributed by atoms with Crippen LogP contribution < -0.4 is 0 Å². The number of carbonyl (C=O) groups excluding carboxylic acids is 1. The highest BCUT2D eigenvalue weighted by Crippen LogP contribution is 2.15. The van der Waals surface area contributed by atoms with Crippen molar-refractivity contribution in [1.29, 1.82) is 0 Å². The quantitative estimate of drug-likeness (QED) is 0.0400. The summed E-state index contributed by atoms with van der Waals surface area (Å²) in [7, 11) is 0.